The molecule has 0 aromatic heterocycles. The van der Waals surface area contributed by atoms with E-state index in [1.165, 1.54) is 0 Å². The smallest absolute Gasteiger partial charge is 0.256 e. The van der Waals surface area contributed by atoms with E-state index in [1.54, 1.807) is 6.07 Å². The highest BCUT2D eigenvalue weighted by Gasteiger charge is 2.13. The molecule has 0 fully saturated rings. The largest absolute Gasteiger partial charge is 0.320 e. The molecule has 0 radical (unpaired) electrons. The van der Waals surface area contributed by atoms with Crippen molar-refractivity contribution in [3.63, 3.8) is 0 Å². The van der Waals surface area contributed by atoms with E-state index in [-0.39, 0.29) is 5.91 Å². The van der Waals surface area contributed by atoms with Gasteiger partial charge in [-0.3, -0.25) is 4.79 Å². The van der Waals surface area contributed by atoms with Crippen LogP contribution in [0.4, 0.5) is 5.69 Å². The quantitative estimate of drug-likeness (QED) is 0.526. The summed E-state index contributed by atoms with van der Waals surface area (Å²) in [5.74, 6) is -0.170. The van der Waals surface area contributed by atoms with Gasteiger partial charge in [-0.2, -0.15) is 0 Å². The van der Waals surface area contributed by atoms with Gasteiger partial charge in [-0.1, -0.05) is 28.1 Å². The Morgan fingerprint density at radius 2 is 1.47 bits per heavy atom. The van der Waals surface area contributed by atoms with Crippen molar-refractivity contribution < 1.29 is 4.79 Å². The number of rotatable bonds is 2. The van der Waals surface area contributed by atoms with Crippen LogP contribution < -0.4 is 5.32 Å². The lowest BCUT2D eigenvalue weighted by Gasteiger charge is -2.11. The highest BCUT2D eigenvalue weighted by Crippen LogP contribution is 2.34. The number of amides is 1. The van der Waals surface area contributed by atoms with Gasteiger partial charge in [-0.15, -0.1) is 0 Å². The fourth-order valence-corrected chi connectivity index (χ4v) is 4.41. The first-order chi connectivity index (χ1) is 8.99. The van der Waals surface area contributed by atoms with Gasteiger partial charge < -0.3 is 5.32 Å². The molecule has 2 aromatic rings. The van der Waals surface area contributed by atoms with Gasteiger partial charge in [0.15, 0.2) is 0 Å². The van der Waals surface area contributed by atoms with E-state index in [9.17, 15) is 4.79 Å². The highest BCUT2D eigenvalue weighted by molar-refractivity contribution is 9.11. The summed E-state index contributed by atoms with van der Waals surface area (Å²) < 4.78 is 3.28. The van der Waals surface area contributed by atoms with Crippen LogP contribution in [0.15, 0.2) is 54.3 Å². The van der Waals surface area contributed by atoms with E-state index < -0.39 is 0 Å². The molecule has 0 atom stereocenters. The molecular weight excluding hydrogens is 506 g/mol. The van der Waals surface area contributed by atoms with Crippen LogP contribution >= 0.6 is 63.7 Å². The molecule has 0 unspecified atom stereocenters. The Bertz CT molecular complexity index is 619. The van der Waals surface area contributed by atoms with E-state index >= 15 is 0 Å². The Morgan fingerprint density at radius 1 is 0.895 bits per heavy atom. The topological polar surface area (TPSA) is 29.1 Å². The van der Waals surface area contributed by atoms with Crippen LogP contribution in [0.25, 0.3) is 0 Å². The maximum Gasteiger partial charge on any atom is 0.256 e. The van der Waals surface area contributed by atoms with Crippen molar-refractivity contribution in [2.75, 3.05) is 5.32 Å². The third-order valence-corrected chi connectivity index (χ3v) is 4.76. The SMILES string of the molecule is O=C(Nc1c(Br)cc(Br)cc1Br)c1ccccc1Br. The van der Waals surface area contributed by atoms with E-state index in [0.29, 0.717) is 11.3 Å². The van der Waals surface area contributed by atoms with E-state index in [2.05, 4.69) is 69.0 Å². The minimum Gasteiger partial charge on any atom is -0.320 e. The van der Waals surface area contributed by atoms with Gasteiger partial charge in [-0.25, -0.2) is 0 Å². The van der Waals surface area contributed by atoms with Crippen molar-refractivity contribution >= 4 is 75.3 Å². The molecule has 0 aliphatic heterocycles. The molecule has 2 rings (SSSR count). The Labute approximate surface area is 144 Å². The summed E-state index contributed by atoms with van der Waals surface area (Å²) in [5, 5.41) is 2.88. The molecule has 0 aliphatic rings. The predicted octanol–water partition coefficient (Wildman–Crippen LogP) is 5.99. The molecule has 19 heavy (non-hydrogen) atoms. The predicted molar refractivity (Wildman–Crippen MR) is 91.6 cm³/mol. The van der Waals surface area contributed by atoms with Crippen LogP contribution in [0.2, 0.25) is 0 Å². The van der Waals surface area contributed by atoms with Crippen LogP contribution in [0.1, 0.15) is 10.4 Å². The lowest BCUT2D eigenvalue weighted by Crippen LogP contribution is -2.13. The molecule has 0 heterocycles. The van der Waals surface area contributed by atoms with Crippen molar-refractivity contribution in [3.05, 3.63) is 59.9 Å². The van der Waals surface area contributed by atoms with Gasteiger partial charge in [0.25, 0.3) is 5.91 Å². The maximum atomic E-state index is 12.2. The zero-order valence-corrected chi connectivity index (χ0v) is 15.7. The second kappa shape index (κ2) is 6.52. The van der Waals surface area contributed by atoms with Crippen molar-refractivity contribution in [2.45, 2.75) is 0 Å². The minimum absolute atomic E-state index is 0.170. The standard InChI is InChI=1S/C13H7Br4NO/c14-7-5-10(16)12(11(17)6-7)18-13(19)8-3-1-2-4-9(8)15/h1-6H,(H,18,19). The summed E-state index contributed by atoms with van der Waals surface area (Å²) in [6, 6.07) is 11.0. The number of carbonyl (C=O) groups is 1. The van der Waals surface area contributed by atoms with Crippen LogP contribution in [-0.2, 0) is 0 Å². The normalized spacial score (nSPS) is 10.3. The number of hydrogen-bond acceptors (Lipinski definition) is 1. The monoisotopic (exact) mass is 509 g/mol. The summed E-state index contributed by atoms with van der Waals surface area (Å²) in [7, 11) is 0. The first kappa shape index (κ1) is 15.2. The molecular formula is C13H7Br4NO. The Balaban J connectivity index is 2.32. The van der Waals surface area contributed by atoms with Gasteiger partial charge in [0, 0.05) is 17.9 Å². The lowest BCUT2D eigenvalue weighted by atomic mass is 10.2. The van der Waals surface area contributed by atoms with Crippen LogP contribution in [0, 0.1) is 0 Å². The molecule has 1 amide bonds. The molecule has 0 spiro atoms. The summed E-state index contributed by atoms with van der Waals surface area (Å²) in [6.45, 7) is 0. The number of halogens is 4. The van der Waals surface area contributed by atoms with E-state index in [4.69, 9.17) is 0 Å². The number of anilines is 1. The third kappa shape index (κ3) is 3.68. The summed E-state index contributed by atoms with van der Waals surface area (Å²) in [4.78, 5) is 12.2. The van der Waals surface area contributed by atoms with Gasteiger partial charge in [-0.05, 0) is 72.1 Å². The zero-order chi connectivity index (χ0) is 14.0. The molecule has 0 aliphatic carbocycles. The molecule has 0 saturated carbocycles. The Hall–Kier alpha value is -0.170. The third-order valence-electron chi connectivity index (χ3n) is 2.36. The van der Waals surface area contributed by atoms with Gasteiger partial charge >= 0.3 is 0 Å². The first-order valence-corrected chi connectivity index (χ1v) is 8.36. The summed E-state index contributed by atoms with van der Waals surface area (Å²) in [6.07, 6.45) is 0. The zero-order valence-electron chi connectivity index (χ0n) is 9.38. The fourth-order valence-electron chi connectivity index (χ4n) is 1.49. The van der Waals surface area contributed by atoms with Gasteiger partial charge in [0.1, 0.15) is 0 Å². The lowest BCUT2D eigenvalue weighted by molar-refractivity contribution is 0.102. The first-order valence-electron chi connectivity index (χ1n) is 5.19. The van der Waals surface area contributed by atoms with Crippen LogP contribution in [-0.4, -0.2) is 5.91 Å². The van der Waals surface area contributed by atoms with E-state index in [0.717, 1.165) is 17.9 Å². The van der Waals surface area contributed by atoms with Crippen LogP contribution in [0.5, 0.6) is 0 Å². The average Bonchev–Trinajstić information content (AvgIpc) is 2.34. The highest BCUT2D eigenvalue weighted by atomic mass is 79.9. The maximum absolute atomic E-state index is 12.2. The van der Waals surface area contributed by atoms with Crippen LogP contribution in [0.3, 0.4) is 0 Å². The van der Waals surface area contributed by atoms with Gasteiger partial charge in [0.2, 0.25) is 0 Å². The Morgan fingerprint density at radius 3 is 2.05 bits per heavy atom. The Kier molecular flexibility index (Phi) is 5.22. The van der Waals surface area contributed by atoms with Crippen molar-refractivity contribution in [3.8, 4) is 0 Å². The second-order valence-electron chi connectivity index (χ2n) is 3.68. The van der Waals surface area contributed by atoms with Crippen molar-refractivity contribution in [2.24, 2.45) is 0 Å². The average molecular weight is 513 g/mol. The molecule has 0 bridgehead atoms. The molecule has 2 aromatic carbocycles. The second-order valence-corrected chi connectivity index (χ2v) is 7.16. The molecule has 6 heteroatoms. The van der Waals surface area contributed by atoms with Crippen molar-refractivity contribution in [1.29, 1.82) is 0 Å². The van der Waals surface area contributed by atoms with Crippen molar-refractivity contribution in [1.82, 2.24) is 0 Å². The molecule has 98 valence electrons. The molecule has 2 nitrogen and oxygen atoms in total. The molecule has 0 saturated heterocycles. The fraction of sp³-hybridized carbons (Fsp3) is 0. The molecule has 1 N–H and O–H groups in total. The number of hydrogen-bond donors (Lipinski definition) is 1. The minimum atomic E-state index is -0.170. The summed E-state index contributed by atoms with van der Waals surface area (Å²) >= 11 is 13.6. The number of carbonyl (C=O) groups excluding carboxylic acids is 1. The van der Waals surface area contributed by atoms with Gasteiger partial charge in [0.05, 0.1) is 11.3 Å². The summed E-state index contributed by atoms with van der Waals surface area (Å²) in [5.41, 5.74) is 1.29. The number of benzene rings is 2. The van der Waals surface area contributed by atoms with E-state index in [1.807, 2.05) is 30.3 Å². The number of nitrogens with one attached hydrogen (secondary N) is 1.